The summed E-state index contributed by atoms with van der Waals surface area (Å²) in [6, 6.07) is 10.7. The molecule has 0 saturated carbocycles. The number of benzene rings is 1. The molecule has 0 amide bonds. The number of thiophene rings is 1. The van der Waals surface area contributed by atoms with Crippen molar-refractivity contribution in [2.75, 3.05) is 5.32 Å². The maximum Gasteiger partial charge on any atom is 0.0492 e. The van der Waals surface area contributed by atoms with Crippen molar-refractivity contribution in [2.45, 2.75) is 39.7 Å². The van der Waals surface area contributed by atoms with Crippen LogP contribution < -0.4 is 5.32 Å². The van der Waals surface area contributed by atoms with E-state index in [0.29, 0.717) is 12.0 Å². The zero-order valence-corrected chi connectivity index (χ0v) is 13.4. The lowest BCUT2D eigenvalue weighted by atomic mass is 10.1. The average molecular weight is 294 g/mol. The molecule has 1 N–H and O–H groups in total. The van der Waals surface area contributed by atoms with Gasteiger partial charge in [-0.2, -0.15) is 0 Å². The molecule has 0 aliphatic rings. The Morgan fingerprint density at radius 3 is 2.42 bits per heavy atom. The Bertz CT molecular complexity index is 558. The van der Waals surface area contributed by atoms with Crippen molar-refractivity contribution in [2.24, 2.45) is 0 Å². The van der Waals surface area contributed by atoms with Crippen LogP contribution in [0.1, 0.15) is 38.5 Å². The molecule has 2 rings (SSSR count). The summed E-state index contributed by atoms with van der Waals surface area (Å²) in [6.45, 7) is 8.81. The molecule has 19 heavy (non-hydrogen) atoms. The fraction of sp³-hybridized carbons (Fsp3) is 0.375. The van der Waals surface area contributed by atoms with Crippen LogP contribution in [0.25, 0.3) is 10.4 Å². The number of hydrogen-bond donors (Lipinski definition) is 1. The van der Waals surface area contributed by atoms with Crippen LogP contribution in [0.5, 0.6) is 0 Å². The quantitative estimate of drug-likeness (QED) is 0.727. The minimum absolute atomic E-state index is 0.444. The van der Waals surface area contributed by atoms with Gasteiger partial charge in [0.25, 0.3) is 0 Å². The van der Waals surface area contributed by atoms with E-state index in [4.69, 9.17) is 11.6 Å². The first-order valence-electron chi connectivity index (χ1n) is 6.63. The fourth-order valence-electron chi connectivity index (χ4n) is 2.04. The number of rotatable bonds is 4. The molecule has 0 atom stereocenters. The van der Waals surface area contributed by atoms with Gasteiger partial charge in [0.1, 0.15) is 0 Å². The molecular formula is C16H20ClNS. The van der Waals surface area contributed by atoms with E-state index in [1.807, 2.05) is 29.5 Å². The number of nitrogens with one attached hydrogen (secondary N) is 1. The van der Waals surface area contributed by atoms with Crippen molar-refractivity contribution < 1.29 is 0 Å². The largest absolute Gasteiger partial charge is 0.382 e. The topological polar surface area (TPSA) is 12.0 Å². The average Bonchev–Trinajstić information content (AvgIpc) is 2.72. The van der Waals surface area contributed by atoms with Gasteiger partial charge < -0.3 is 5.32 Å². The molecule has 0 unspecified atom stereocenters. The molecule has 0 fully saturated rings. The molecule has 1 heterocycles. The Morgan fingerprint density at radius 1 is 1.11 bits per heavy atom. The van der Waals surface area contributed by atoms with Crippen LogP contribution in [-0.4, -0.2) is 6.04 Å². The highest BCUT2D eigenvalue weighted by Gasteiger charge is 2.14. The lowest BCUT2D eigenvalue weighted by molar-refractivity contribution is 0.864. The Hall–Kier alpha value is -0.990. The second-order valence-corrected chi connectivity index (χ2v) is 6.87. The Balaban J connectivity index is 2.42. The summed E-state index contributed by atoms with van der Waals surface area (Å²) in [6.07, 6.45) is 0. The predicted octanol–water partition coefficient (Wildman–Crippen LogP) is 6.01. The van der Waals surface area contributed by atoms with Gasteiger partial charge >= 0.3 is 0 Å². The minimum Gasteiger partial charge on any atom is -0.382 e. The third-order valence-electron chi connectivity index (χ3n) is 2.84. The van der Waals surface area contributed by atoms with E-state index in [-0.39, 0.29) is 0 Å². The highest BCUT2D eigenvalue weighted by molar-refractivity contribution is 7.16. The number of anilines is 1. The van der Waals surface area contributed by atoms with Gasteiger partial charge in [0, 0.05) is 26.5 Å². The van der Waals surface area contributed by atoms with Crippen LogP contribution in [0.15, 0.2) is 30.3 Å². The lowest BCUT2D eigenvalue weighted by Crippen LogP contribution is -2.10. The highest BCUT2D eigenvalue weighted by Crippen LogP contribution is 2.39. The lowest BCUT2D eigenvalue weighted by Gasteiger charge is -2.12. The molecule has 1 nitrogen and oxygen atoms in total. The minimum atomic E-state index is 0.444. The van der Waals surface area contributed by atoms with Gasteiger partial charge in [0.05, 0.1) is 0 Å². The molecule has 1 aromatic carbocycles. The SMILES string of the molecule is CC(C)Nc1cc(-c2cccc(Cl)c2)sc1C(C)C. The smallest absolute Gasteiger partial charge is 0.0492 e. The second-order valence-electron chi connectivity index (χ2n) is 5.35. The zero-order chi connectivity index (χ0) is 14.0. The van der Waals surface area contributed by atoms with Crippen molar-refractivity contribution >= 4 is 28.6 Å². The fourth-order valence-corrected chi connectivity index (χ4v) is 3.35. The maximum absolute atomic E-state index is 6.08. The van der Waals surface area contributed by atoms with Gasteiger partial charge in [-0.1, -0.05) is 37.6 Å². The van der Waals surface area contributed by atoms with Crippen LogP contribution in [0.2, 0.25) is 5.02 Å². The number of hydrogen-bond acceptors (Lipinski definition) is 2. The first-order valence-corrected chi connectivity index (χ1v) is 7.83. The van der Waals surface area contributed by atoms with Crippen molar-refractivity contribution in [1.29, 1.82) is 0 Å². The molecule has 0 radical (unpaired) electrons. The standard InChI is InChI=1S/C16H20ClNS/c1-10(2)16-14(18-11(3)4)9-15(19-16)12-6-5-7-13(17)8-12/h5-11,18H,1-4H3. The van der Waals surface area contributed by atoms with E-state index in [1.165, 1.54) is 21.0 Å². The van der Waals surface area contributed by atoms with Crippen LogP contribution in [-0.2, 0) is 0 Å². The summed E-state index contributed by atoms with van der Waals surface area (Å²) < 4.78 is 0. The third-order valence-corrected chi connectivity index (χ3v) is 4.56. The molecule has 0 bridgehead atoms. The number of halogens is 1. The summed E-state index contributed by atoms with van der Waals surface area (Å²) in [5, 5.41) is 4.32. The summed E-state index contributed by atoms with van der Waals surface area (Å²) in [7, 11) is 0. The van der Waals surface area contributed by atoms with Crippen LogP contribution >= 0.6 is 22.9 Å². The summed E-state index contributed by atoms with van der Waals surface area (Å²) in [4.78, 5) is 2.68. The van der Waals surface area contributed by atoms with Gasteiger partial charge in [0.15, 0.2) is 0 Å². The van der Waals surface area contributed by atoms with Gasteiger partial charge in [-0.05, 0) is 43.5 Å². The molecule has 2 aromatic rings. The van der Waals surface area contributed by atoms with Crippen LogP contribution in [0, 0.1) is 0 Å². The Morgan fingerprint density at radius 2 is 1.84 bits per heavy atom. The van der Waals surface area contributed by atoms with Gasteiger partial charge in [-0.15, -0.1) is 11.3 Å². The van der Waals surface area contributed by atoms with E-state index in [1.54, 1.807) is 0 Å². The van der Waals surface area contributed by atoms with Crippen molar-refractivity contribution in [3.63, 3.8) is 0 Å². The first kappa shape index (κ1) is 14.4. The van der Waals surface area contributed by atoms with Crippen molar-refractivity contribution in [1.82, 2.24) is 0 Å². The van der Waals surface area contributed by atoms with Crippen molar-refractivity contribution in [3.8, 4) is 10.4 Å². The highest BCUT2D eigenvalue weighted by atomic mass is 35.5. The first-order chi connectivity index (χ1) is 8.97. The second kappa shape index (κ2) is 5.98. The predicted molar refractivity (Wildman–Crippen MR) is 87.6 cm³/mol. The van der Waals surface area contributed by atoms with E-state index < -0.39 is 0 Å². The van der Waals surface area contributed by atoms with E-state index in [0.717, 1.165) is 5.02 Å². The molecule has 102 valence electrons. The van der Waals surface area contributed by atoms with Gasteiger partial charge in [-0.25, -0.2) is 0 Å². The van der Waals surface area contributed by atoms with E-state index in [2.05, 4.69) is 45.1 Å². The molecule has 3 heteroatoms. The van der Waals surface area contributed by atoms with E-state index in [9.17, 15) is 0 Å². The molecule has 0 spiro atoms. The van der Waals surface area contributed by atoms with E-state index >= 15 is 0 Å². The van der Waals surface area contributed by atoms with Crippen LogP contribution in [0.4, 0.5) is 5.69 Å². The maximum atomic E-state index is 6.08. The summed E-state index contributed by atoms with van der Waals surface area (Å²) in [5.41, 5.74) is 2.45. The van der Waals surface area contributed by atoms with Crippen LogP contribution in [0.3, 0.4) is 0 Å². The third kappa shape index (κ3) is 3.52. The van der Waals surface area contributed by atoms with Gasteiger partial charge in [-0.3, -0.25) is 0 Å². The molecule has 1 aromatic heterocycles. The summed E-state index contributed by atoms with van der Waals surface area (Å²) in [5.74, 6) is 0.527. The molecule has 0 aliphatic carbocycles. The Labute approximate surface area is 124 Å². The Kier molecular flexibility index (Phi) is 4.54. The molecule has 0 aliphatic heterocycles. The summed E-state index contributed by atoms with van der Waals surface area (Å²) >= 11 is 7.93. The monoisotopic (exact) mass is 293 g/mol. The molecular weight excluding hydrogens is 274 g/mol. The normalized spacial score (nSPS) is 11.3. The van der Waals surface area contributed by atoms with Crippen molar-refractivity contribution in [3.05, 3.63) is 40.2 Å². The van der Waals surface area contributed by atoms with Gasteiger partial charge in [0.2, 0.25) is 0 Å². The molecule has 0 saturated heterocycles. The zero-order valence-electron chi connectivity index (χ0n) is 11.8.